The Morgan fingerprint density at radius 3 is 1.71 bits per heavy atom. The van der Waals surface area contributed by atoms with Gasteiger partial charge in [-0.15, -0.1) is 25.6 Å². The molecule has 0 amide bonds. The smallest absolute Gasteiger partial charge is 0.404 e. The van der Waals surface area contributed by atoms with E-state index in [2.05, 4.69) is 17.4 Å². The van der Waals surface area contributed by atoms with Gasteiger partial charge in [0, 0.05) is 0 Å². The molecule has 1 rings (SSSR count). The van der Waals surface area contributed by atoms with Gasteiger partial charge in [-0.25, -0.2) is 0 Å². The van der Waals surface area contributed by atoms with Crippen molar-refractivity contribution in [2.75, 3.05) is 0 Å². The highest BCUT2D eigenvalue weighted by molar-refractivity contribution is 7.80. The van der Waals surface area contributed by atoms with Crippen LogP contribution in [0.2, 0.25) is 0 Å². The second-order valence-electron chi connectivity index (χ2n) is 1.99. The van der Waals surface area contributed by atoms with Crippen LogP contribution in [0, 0.1) is 0 Å². The number of ether oxygens (including phenoxy) is 1. The van der Waals surface area contributed by atoms with Crippen LogP contribution in [0.3, 0.4) is 0 Å². The summed E-state index contributed by atoms with van der Waals surface area (Å²) >= 11 is 4.60. The monoisotopic (exact) mass is 309 g/mol. The van der Waals surface area contributed by atoms with Gasteiger partial charge in [0.1, 0.15) is 5.75 Å². The summed E-state index contributed by atoms with van der Waals surface area (Å²) in [5.74, 6) is -0.333. The third-order valence-electron chi connectivity index (χ3n) is 1.07. The molecule has 1 radical (unpaired) electrons. The van der Waals surface area contributed by atoms with Gasteiger partial charge in [-0.1, -0.05) is 24.8 Å². The van der Waals surface area contributed by atoms with Crippen LogP contribution in [0.5, 0.6) is 5.75 Å². The molecule has 0 aromatic heterocycles. The second kappa shape index (κ2) is 11.5. The highest BCUT2D eigenvalue weighted by Crippen LogP contribution is 2.27. The molecule has 0 N–H and O–H groups in total. The van der Waals surface area contributed by atoms with Crippen LogP contribution >= 0.6 is 25.0 Å². The normalized spacial score (nSPS) is 7.94. The third kappa shape index (κ3) is 11.3. The lowest BCUT2D eigenvalue weighted by molar-refractivity contribution is -0.275. The minimum atomic E-state index is -4.67. The molecule has 17 heavy (non-hydrogen) atoms. The Labute approximate surface area is 104 Å². The van der Waals surface area contributed by atoms with Gasteiger partial charge in [0.25, 0.3) is 0 Å². The molecule has 0 heterocycles. The molecule has 0 spiro atoms. The molecule has 105 valence electrons. The first kappa shape index (κ1) is 29.8. The van der Waals surface area contributed by atoms with E-state index in [9.17, 15) is 13.2 Å². The Bertz CT molecular complexity index is 283. The van der Waals surface area contributed by atoms with Gasteiger partial charge in [-0.2, -0.15) is 0 Å². The molecular formula is C7H9ClF7OS. The molecule has 0 bridgehead atoms. The first-order valence-electron chi connectivity index (χ1n) is 3.01. The van der Waals surface area contributed by atoms with Crippen LogP contribution in [0.4, 0.5) is 32.0 Å². The highest BCUT2D eigenvalue weighted by atomic mass is 35.5. The summed E-state index contributed by atoms with van der Waals surface area (Å²) in [6, 6.07) is 5.52. The molecule has 0 fully saturated rings. The van der Waals surface area contributed by atoms with Crippen LogP contribution in [0.25, 0.3) is 0 Å². The summed E-state index contributed by atoms with van der Waals surface area (Å²) in [6.45, 7) is 0. The average Bonchev–Trinajstić information content (AvgIpc) is 1.91. The van der Waals surface area contributed by atoms with E-state index in [0.717, 1.165) is 0 Å². The van der Waals surface area contributed by atoms with Crippen LogP contribution in [-0.4, -0.2) is 6.36 Å². The first-order chi connectivity index (χ1) is 5.49. The summed E-state index contributed by atoms with van der Waals surface area (Å²) in [5, 5.41) is 0. The van der Waals surface area contributed by atoms with Gasteiger partial charge < -0.3 is 4.74 Å². The predicted molar refractivity (Wildman–Crippen MR) is 56.2 cm³/mol. The molecule has 0 aliphatic rings. The lowest BCUT2D eigenvalue weighted by Gasteiger charge is -2.09. The summed E-state index contributed by atoms with van der Waals surface area (Å²) in [5.41, 5.74) is 0. The Morgan fingerprint density at radius 2 is 1.35 bits per heavy atom. The summed E-state index contributed by atoms with van der Waals surface area (Å²) in [4.78, 5) is 0.0508. The van der Waals surface area contributed by atoms with Gasteiger partial charge in [0.15, 0.2) is 0 Å². The number of para-hydroxylation sites is 1. The summed E-state index contributed by atoms with van der Waals surface area (Å²) in [7, 11) is 0. The maximum absolute atomic E-state index is 11.7. The maximum atomic E-state index is 11.7. The predicted octanol–water partition coefficient (Wildman–Crippen LogP) is 4.17. The van der Waals surface area contributed by atoms with Gasteiger partial charge in [0.2, 0.25) is 0 Å². The second-order valence-corrected chi connectivity index (χ2v) is 2.43. The van der Waals surface area contributed by atoms with Gasteiger partial charge in [0.05, 0.1) is 4.90 Å². The molecule has 0 aliphatic heterocycles. The van der Waals surface area contributed by atoms with Crippen molar-refractivity contribution in [3.63, 3.8) is 0 Å². The minimum absolute atomic E-state index is 0. The van der Waals surface area contributed by atoms with E-state index in [1.807, 2.05) is 0 Å². The van der Waals surface area contributed by atoms with Crippen molar-refractivity contribution in [3.05, 3.63) is 24.3 Å². The molecule has 0 saturated heterocycles. The SMILES string of the molecule is Cl.F.F.F.F.FC(F)(F)Oc1ccccc1[S]. The standard InChI is InChI=1S/C7H4F3OS.ClH.4FH/c8-7(9,10)11-5-3-1-2-4-6(5)12;;;;;/h1-4H;5*1H. The van der Waals surface area contributed by atoms with Crippen molar-refractivity contribution >= 4 is 25.0 Å². The van der Waals surface area contributed by atoms with Crippen LogP contribution in [0.1, 0.15) is 0 Å². The van der Waals surface area contributed by atoms with E-state index in [-0.39, 0.29) is 41.9 Å². The van der Waals surface area contributed by atoms with Crippen LogP contribution < -0.4 is 4.74 Å². The van der Waals surface area contributed by atoms with E-state index in [4.69, 9.17) is 0 Å². The zero-order valence-corrected chi connectivity index (χ0v) is 9.43. The molecule has 1 aromatic carbocycles. The fraction of sp³-hybridized carbons (Fsp3) is 0.143. The topological polar surface area (TPSA) is 9.23 Å². The summed E-state index contributed by atoms with van der Waals surface area (Å²) < 4.78 is 38.6. The van der Waals surface area contributed by atoms with Gasteiger partial charge in [-0.3, -0.25) is 18.8 Å². The highest BCUT2D eigenvalue weighted by Gasteiger charge is 2.31. The largest absolute Gasteiger partial charge is 0.573 e. The number of hydrogen-bond donors (Lipinski definition) is 0. The van der Waals surface area contributed by atoms with E-state index < -0.39 is 6.36 Å². The number of alkyl halides is 3. The Morgan fingerprint density at radius 1 is 0.941 bits per heavy atom. The zero-order chi connectivity index (χ0) is 9.19. The maximum Gasteiger partial charge on any atom is 0.573 e. The molecule has 0 unspecified atom stereocenters. The van der Waals surface area contributed by atoms with Crippen molar-refractivity contribution in [2.24, 2.45) is 0 Å². The van der Waals surface area contributed by atoms with E-state index >= 15 is 0 Å². The van der Waals surface area contributed by atoms with Gasteiger partial charge in [-0.05, 0) is 12.1 Å². The Balaban J connectivity index is -0.0000000960. The molecule has 10 heteroatoms. The molecule has 0 saturated carbocycles. The third-order valence-corrected chi connectivity index (χ3v) is 1.41. The lowest BCUT2D eigenvalue weighted by atomic mass is 10.3. The van der Waals surface area contributed by atoms with Crippen LogP contribution in [-0.2, 0) is 0 Å². The number of halogens is 8. The van der Waals surface area contributed by atoms with E-state index in [0.29, 0.717) is 0 Å². The molecule has 0 atom stereocenters. The number of hydrogen-bond acceptors (Lipinski definition) is 1. The van der Waals surface area contributed by atoms with Gasteiger partial charge >= 0.3 is 6.36 Å². The number of benzene rings is 1. The lowest BCUT2D eigenvalue weighted by Crippen LogP contribution is -2.17. The molecule has 1 aromatic rings. The van der Waals surface area contributed by atoms with Crippen molar-refractivity contribution in [1.29, 1.82) is 0 Å². The quantitative estimate of drug-likeness (QED) is 0.707. The Hall–Kier alpha value is -0.960. The average molecular weight is 310 g/mol. The van der Waals surface area contributed by atoms with E-state index in [1.165, 1.54) is 18.2 Å². The molecule has 0 aliphatic carbocycles. The fourth-order valence-corrected chi connectivity index (χ4v) is 0.847. The first-order valence-corrected chi connectivity index (χ1v) is 3.41. The zero-order valence-electron chi connectivity index (χ0n) is 7.80. The Kier molecular flexibility index (Phi) is 20.2. The number of rotatable bonds is 1. The minimum Gasteiger partial charge on any atom is -0.404 e. The van der Waals surface area contributed by atoms with E-state index in [1.54, 1.807) is 6.07 Å². The molecular weight excluding hydrogens is 301 g/mol. The van der Waals surface area contributed by atoms with Crippen molar-refractivity contribution in [1.82, 2.24) is 0 Å². The van der Waals surface area contributed by atoms with Crippen molar-refractivity contribution in [3.8, 4) is 5.75 Å². The summed E-state index contributed by atoms with van der Waals surface area (Å²) in [6.07, 6.45) is -4.67. The van der Waals surface area contributed by atoms with Crippen LogP contribution in [0.15, 0.2) is 29.2 Å². The fourth-order valence-electron chi connectivity index (χ4n) is 0.659. The molecule has 1 nitrogen and oxygen atoms in total. The van der Waals surface area contributed by atoms with Crippen molar-refractivity contribution < 1.29 is 36.7 Å². The van der Waals surface area contributed by atoms with Crippen molar-refractivity contribution in [2.45, 2.75) is 11.3 Å².